The number of nitrogen functional groups attached to an aromatic ring is 1. The summed E-state index contributed by atoms with van der Waals surface area (Å²) in [5, 5.41) is 3.02. The molecule has 102 valence electrons. The van der Waals surface area contributed by atoms with Crippen molar-refractivity contribution < 1.29 is 8.95 Å². The molecule has 0 saturated heterocycles. The number of hydrogen-bond acceptors (Lipinski definition) is 8. The van der Waals surface area contributed by atoms with Gasteiger partial charge in [-0.3, -0.25) is 9.63 Å². The summed E-state index contributed by atoms with van der Waals surface area (Å²) in [6.45, 7) is 4.17. The van der Waals surface area contributed by atoms with Crippen LogP contribution in [-0.4, -0.2) is 43.8 Å². The molecular formula is C9H18N6O2S. The second-order valence-corrected chi connectivity index (χ2v) is 5.11. The van der Waals surface area contributed by atoms with E-state index >= 15 is 0 Å². The fourth-order valence-corrected chi connectivity index (χ4v) is 2.08. The predicted molar refractivity (Wildman–Crippen MR) is 70.8 cm³/mol. The fraction of sp³-hybridized carbons (Fsp3) is 0.667. The molecule has 1 rings (SSSR count). The van der Waals surface area contributed by atoms with E-state index in [1.54, 1.807) is 6.26 Å². The standard InChI is InChI=1S/C9H18N6O2S/c1-4-17-9-13-7(12-8(14-9)15-10)11-6(2)5-18(3)16/h6H,4-5,10H2,1-3H3,(H2,11,12,13,14,15). The molecule has 1 heterocycles. The van der Waals surface area contributed by atoms with Crippen LogP contribution >= 0.6 is 0 Å². The minimum Gasteiger partial charge on any atom is -0.464 e. The summed E-state index contributed by atoms with van der Waals surface area (Å²) in [5.74, 6) is 6.30. The highest BCUT2D eigenvalue weighted by Gasteiger charge is 2.10. The average Bonchev–Trinajstić information content (AvgIpc) is 2.27. The molecule has 0 bridgehead atoms. The molecule has 0 amide bonds. The van der Waals surface area contributed by atoms with Crippen molar-refractivity contribution in [2.75, 3.05) is 29.4 Å². The van der Waals surface area contributed by atoms with Crippen molar-refractivity contribution in [3.05, 3.63) is 0 Å². The van der Waals surface area contributed by atoms with E-state index in [1.807, 2.05) is 13.8 Å². The van der Waals surface area contributed by atoms with Gasteiger partial charge in [-0.15, -0.1) is 0 Å². The van der Waals surface area contributed by atoms with Crippen LogP contribution in [0.15, 0.2) is 0 Å². The summed E-state index contributed by atoms with van der Waals surface area (Å²) < 4.78 is 16.3. The van der Waals surface area contributed by atoms with Gasteiger partial charge in [-0.05, 0) is 13.8 Å². The van der Waals surface area contributed by atoms with E-state index < -0.39 is 10.8 Å². The molecule has 0 fully saturated rings. The Bertz CT molecular complexity index is 416. The number of aromatic nitrogens is 3. The smallest absolute Gasteiger partial charge is 0.323 e. The quantitative estimate of drug-likeness (QED) is 0.460. The van der Waals surface area contributed by atoms with E-state index in [0.29, 0.717) is 18.3 Å². The molecule has 2 unspecified atom stereocenters. The van der Waals surface area contributed by atoms with E-state index in [0.717, 1.165) is 0 Å². The first-order valence-corrected chi connectivity index (χ1v) is 7.20. The molecule has 9 heteroatoms. The van der Waals surface area contributed by atoms with Gasteiger partial charge in [-0.2, -0.15) is 15.0 Å². The first kappa shape index (κ1) is 14.6. The number of hydrazine groups is 1. The fourth-order valence-electron chi connectivity index (χ4n) is 1.29. The lowest BCUT2D eigenvalue weighted by Crippen LogP contribution is -2.24. The molecule has 1 aromatic heterocycles. The van der Waals surface area contributed by atoms with Gasteiger partial charge in [0.15, 0.2) is 0 Å². The largest absolute Gasteiger partial charge is 0.464 e. The maximum absolute atomic E-state index is 11.1. The Balaban J connectivity index is 2.80. The van der Waals surface area contributed by atoms with Crippen molar-refractivity contribution in [3.8, 4) is 6.01 Å². The number of nitrogens with two attached hydrogens (primary N) is 1. The zero-order valence-corrected chi connectivity index (χ0v) is 11.5. The van der Waals surface area contributed by atoms with Crippen LogP contribution in [0.2, 0.25) is 0 Å². The second-order valence-electron chi connectivity index (χ2n) is 3.63. The third kappa shape index (κ3) is 4.80. The van der Waals surface area contributed by atoms with Crippen LogP contribution in [0.1, 0.15) is 13.8 Å². The molecular weight excluding hydrogens is 256 g/mol. The summed E-state index contributed by atoms with van der Waals surface area (Å²) in [7, 11) is -0.890. The van der Waals surface area contributed by atoms with Crippen LogP contribution in [0.3, 0.4) is 0 Å². The molecule has 18 heavy (non-hydrogen) atoms. The Morgan fingerprint density at radius 2 is 2.06 bits per heavy atom. The number of hydrogen-bond donors (Lipinski definition) is 3. The van der Waals surface area contributed by atoms with E-state index in [-0.39, 0.29) is 18.0 Å². The first-order valence-electron chi connectivity index (χ1n) is 5.47. The van der Waals surface area contributed by atoms with Gasteiger partial charge in [0.2, 0.25) is 11.9 Å². The van der Waals surface area contributed by atoms with Gasteiger partial charge in [-0.1, -0.05) is 0 Å². The molecule has 1 aromatic rings. The SMILES string of the molecule is CCOc1nc(NN)nc(NC(C)CS(C)=O)n1. The lowest BCUT2D eigenvalue weighted by atomic mass is 10.4. The zero-order chi connectivity index (χ0) is 13.5. The number of nitrogens with one attached hydrogen (secondary N) is 2. The zero-order valence-electron chi connectivity index (χ0n) is 10.6. The minimum atomic E-state index is -0.890. The van der Waals surface area contributed by atoms with Gasteiger partial charge in [0.05, 0.1) is 6.61 Å². The maximum Gasteiger partial charge on any atom is 0.323 e. The van der Waals surface area contributed by atoms with Crippen LogP contribution in [0.5, 0.6) is 6.01 Å². The Labute approximate surface area is 108 Å². The van der Waals surface area contributed by atoms with Crippen LogP contribution < -0.4 is 21.3 Å². The molecule has 0 aromatic carbocycles. The van der Waals surface area contributed by atoms with Crippen molar-refractivity contribution >= 4 is 22.7 Å². The first-order chi connectivity index (χ1) is 8.55. The number of ether oxygens (including phenoxy) is 1. The van der Waals surface area contributed by atoms with E-state index in [9.17, 15) is 4.21 Å². The number of nitrogens with zero attached hydrogens (tertiary/aromatic N) is 3. The molecule has 0 spiro atoms. The second kappa shape index (κ2) is 7.07. The van der Waals surface area contributed by atoms with E-state index in [4.69, 9.17) is 10.6 Å². The van der Waals surface area contributed by atoms with Crippen LogP contribution in [0.25, 0.3) is 0 Å². The highest BCUT2D eigenvalue weighted by atomic mass is 32.2. The van der Waals surface area contributed by atoms with Crippen molar-refractivity contribution in [2.45, 2.75) is 19.9 Å². The summed E-state index contributed by atoms with van der Waals surface area (Å²) >= 11 is 0. The molecule has 0 aliphatic rings. The average molecular weight is 274 g/mol. The van der Waals surface area contributed by atoms with Gasteiger partial charge in [-0.25, -0.2) is 5.84 Å². The summed E-state index contributed by atoms with van der Waals surface area (Å²) in [5.41, 5.74) is 2.34. The predicted octanol–water partition coefficient (Wildman–Crippen LogP) is -0.265. The number of anilines is 2. The topological polar surface area (TPSA) is 115 Å². The normalized spacial score (nSPS) is 13.8. The lowest BCUT2D eigenvalue weighted by Gasteiger charge is -2.13. The minimum absolute atomic E-state index is 0.0293. The molecule has 4 N–H and O–H groups in total. The molecule has 2 atom stereocenters. The summed E-state index contributed by atoms with van der Waals surface area (Å²) in [6.07, 6.45) is 1.64. The van der Waals surface area contributed by atoms with Crippen LogP contribution in [-0.2, 0) is 10.8 Å². The van der Waals surface area contributed by atoms with Crippen LogP contribution in [0.4, 0.5) is 11.9 Å². The molecule has 0 aliphatic heterocycles. The van der Waals surface area contributed by atoms with Gasteiger partial charge >= 0.3 is 6.01 Å². The Hall–Kier alpha value is -1.48. The van der Waals surface area contributed by atoms with Crippen molar-refractivity contribution in [2.24, 2.45) is 5.84 Å². The van der Waals surface area contributed by atoms with Gasteiger partial charge in [0.1, 0.15) is 0 Å². The Kier molecular flexibility index (Phi) is 5.72. The van der Waals surface area contributed by atoms with Gasteiger partial charge < -0.3 is 10.1 Å². The summed E-state index contributed by atoms with van der Waals surface area (Å²) in [4.78, 5) is 12.0. The highest BCUT2D eigenvalue weighted by molar-refractivity contribution is 7.84. The van der Waals surface area contributed by atoms with Crippen molar-refractivity contribution in [1.82, 2.24) is 15.0 Å². The molecule has 8 nitrogen and oxygen atoms in total. The van der Waals surface area contributed by atoms with Crippen molar-refractivity contribution in [1.29, 1.82) is 0 Å². The van der Waals surface area contributed by atoms with Gasteiger partial charge in [0.25, 0.3) is 0 Å². The molecule has 0 radical (unpaired) electrons. The molecule has 0 aliphatic carbocycles. The van der Waals surface area contributed by atoms with E-state index in [1.165, 1.54) is 0 Å². The number of rotatable bonds is 7. The highest BCUT2D eigenvalue weighted by Crippen LogP contribution is 2.11. The van der Waals surface area contributed by atoms with E-state index in [2.05, 4.69) is 25.7 Å². The lowest BCUT2D eigenvalue weighted by molar-refractivity contribution is 0.312. The maximum atomic E-state index is 11.1. The van der Waals surface area contributed by atoms with Gasteiger partial charge in [0, 0.05) is 28.9 Å². The van der Waals surface area contributed by atoms with Crippen molar-refractivity contribution in [3.63, 3.8) is 0 Å². The monoisotopic (exact) mass is 274 g/mol. The Morgan fingerprint density at radius 3 is 2.61 bits per heavy atom. The Morgan fingerprint density at radius 1 is 1.39 bits per heavy atom. The molecule has 0 saturated carbocycles. The third-order valence-corrected chi connectivity index (χ3v) is 2.85. The summed E-state index contributed by atoms with van der Waals surface area (Å²) in [6, 6.07) is 0.158. The van der Waals surface area contributed by atoms with Crippen LogP contribution in [0, 0.1) is 0 Å². The third-order valence-electron chi connectivity index (χ3n) is 1.88.